The molecule has 0 radical (unpaired) electrons. The largest absolute Gasteiger partial charge is 0.469 e. The highest BCUT2D eigenvalue weighted by Crippen LogP contribution is 2.42. The number of hydrogen-bond donors (Lipinski definition) is 1. The summed E-state index contributed by atoms with van der Waals surface area (Å²) < 4.78 is 10.4. The van der Waals surface area contributed by atoms with E-state index < -0.39 is 6.10 Å². The molecule has 1 aliphatic carbocycles. The number of aliphatic hydroxyl groups is 1. The van der Waals surface area contributed by atoms with Gasteiger partial charge in [-0.05, 0) is 43.3 Å². The summed E-state index contributed by atoms with van der Waals surface area (Å²) in [7, 11) is 1.42. The molecule has 1 rings (SSSR count). The summed E-state index contributed by atoms with van der Waals surface area (Å²) in [4.78, 5) is 24.5. The summed E-state index contributed by atoms with van der Waals surface area (Å²) in [6, 6.07) is 0. The summed E-state index contributed by atoms with van der Waals surface area (Å²) in [6.07, 6.45) is 14.2. The fourth-order valence-electron chi connectivity index (χ4n) is 3.92. The normalized spacial score (nSPS) is 17.6. The first-order valence-corrected chi connectivity index (χ1v) is 13.7. The van der Waals surface area contributed by atoms with Gasteiger partial charge in [0.1, 0.15) is 5.76 Å². The van der Waals surface area contributed by atoms with Crippen molar-refractivity contribution in [2.24, 2.45) is 11.3 Å². The van der Waals surface area contributed by atoms with Crippen LogP contribution in [0.15, 0.2) is 22.8 Å². The summed E-state index contributed by atoms with van der Waals surface area (Å²) in [6.45, 7) is 8.43. The highest BCUT2D eigenvalue weighted by molar-refractivity contribution is 8.03. The number of aliphatic hydroxyl groups excluding tert-OH is 1. The number of rotatable bonds is 17. The molecule has 2 atom stereocenters. The van der Waals surface area contributed by atoms with Crippen molar-refractivity contribution in [1.29, 1.82) is 0 Å². The zero-order valence-electron chi connectivity index (χ0n) is 21.5. The highest BCUT2D eigenvalue weighted by Gasteiger charge is 2.29. The molecule has 1 aliphatic rings. The van der Waals surface area contributed by atoms with Crippen LogP contribution in [-0.4, -0.2) is 36.0 Å². The molecule has 0 spiro atoms. The van der Waals surface area contributed by atoms with Gasteiger partial charge in [-0.15, -0.1) is 11.8 Å². The average Bonchev–Trinajstić information content (AvgIpc) is 3.15. The number of methoxy groups -OCH3 is 1. The first kappa shape index (κ1) is 29.8. The number of carbonyl (C=O) groups excluding carboxylic acids is 2. The van der Waals surface area contributed by atoms with Crippen LogP contribution in [0.1, 0.15) is 105 Å². The Hall–Kier alpha value is -1.27. The van der Waals surface area contributed by atoms with Crippen molar-refractivity contribution < 1.29 is 24.2 Å². The lowest BCUT2D eigenvalue weighted by Crippen LogP contribution is -2.27. The summed E-state index contributed by atoms with van der Waals surface area (Å²) in [5.74, 6) is 1.58. The maximum Gasteiger partial charge on any atom is 0.310 e. The van der Waals surface area contributed by atoms with Crippen LogP contribution in [0.5, 0.6) is 0 Å². The molecule has 0 fully saturated rings. The van der Waals surface area contributed by atoms with Crippen molar-refractivity contribution in [3.05, 3.63) is 22.8 Å². The Morgan fingerprint density at radius 2 is 1.85 bits per heavy atom. The fourth-order valence-corrected chi connectivity index (χ4v) is 5.21. The van der Waals surface area contributed by atoms with Crippen LogP contribution in [0.25, 0.3) is 0 Å². The van der Waals surface area contributed by atoms with E-state index in [4.69, 9.17) is 9.47 Å². The van der Waals surface area contributed by atoms with E-state index in [1.807, 2.05) is 13.0 Å². The van der Waals surface area contributed by atoms with E-state index in [1.54, 1.807) is 11.8 Å². The second-order valence-electron chi connectivity index (χ2n) is 9.67. The van der Waals surface area contributed by atoms with Crippen LogP contribution in [-0.2, 0) is 19.1 Å². The van der Waals surface area contributed by atoms with Crippen LogP contribution < -0.4 is 0 Å². The lowest BCUT2D eigenvalue weighted by molar-refractivity contribution is -0.141. The van der Waals surface area contributed by atoms with Crippen LogP contribution in [0.2, 0.25) is 0 Å². The zero-order valence-corrected chi connectivity index (χ0v) is 22.3. The van der Waals surface area contributed by atoms with E-state index in [0.29, 0.717) is 12.8 Å². The van der Waals surface area contributed by atoms with Crippen LogP contribution in [0, 0.1) is 11.3 Å². The second-order valence-corrected chi connectivity index (χ2v) is 10.8. The first-order chi connectivity index (χ1) is 15.7. The quantitative estimate of drug-likeness (QED) is 0.137. The van der Waals surface area contributed by atoms with Gasteiger partial charge in [0.15, 0.2) is 0 Å². The number of thioether (sulfide) groups is 1. The summed E-state index contributed by atoms with van der Waals surface area (Å²) in [5.41, 5.74) is -0.155. The van der Waals surface area contributed by atoms with Crippen LogP contribution >= 0.6 is 11.8 Å². The Morgan fingerprint density at radius 1 is 1.09 bits per heavy atom. The van der Waals surface area contributed by atoms with Gasteiger partial charge in [0, 0.05) is 30.1 Å². The predicted molar refractivity (Wildman–Crippen MR) is 137 cm³/mol. The minimum Gasteiger partial charge on any atom is -0.469 e. The van der Waals surface area contributed by atoms with Crippen molar-refractivity contribution in [1.82, 2.24) is 0 Å². The topological polar surface area (TPSA) is 72.8 Å². The Kier molecular flexibility index (Phi) is 14.8. The lowest BCUT2D eigenvalue weighted by atomic mass is 9.81. The second kappa shape index (κ2) is 16.4. The molecular weight excluding hydrogens is 436 g/mol. The molecule has 0 aromatic heterocycles. The maximum atomic E-state index is 12.1. The van der Waals surface area contributed by atoms with Crippen molar-refractivity contribution >= 4 is 23.7 Å². The monoisotopic (exact) mass is 482 g/mol. The minimum absolute atomic E-state index is 0.155. The molecule has 0 saturated heterocycles. The number of carbonyl (C=O) groups is 2. The number of allylic oxidation sites excluding steroid dienone is 3. The molecule has 2 unspecified atom stereocenters. The van der Waals surface area contributed by atoms with Crippen molar-refractivity contribution in [2.45, 2.75) is 111 Å². The summed E-state index contributed by atoms with van der Waals surface area (Å²) in [5, 5.41) is 10.8. The van der Waals surface area contributed by atoms with Gasteiger partial charge in [-0.2, -0.15) is 0 Å². The Bertz CT molecular complexity index is 653. The molecule has 190 valence electrons. The zero-order chi connectivity index (χ0) is 24.7. The van der Waals surface area contributed by atoms with E-state index in [2.05, 4.69) is 26.8 Å². The molecule has 33 heavy (non-hydrogen) atoms. The molecular formula is C27H46O5S. The molecule has 0 bridgehead atoms. The van der Waals surface area contributed by atoms with Gasteiger partial charge in [-0.3, -0.25) is 9.59 Å². The number of esters is 2. The highest BCUT2D eigenvalue weighted by atomic mass is 32.2. The smallest absolute Gasteiger partial charge is 0.310 e. The van der Waals surface area contributed by atoms with Gasteiger partial charge in [-0.25, -0.2) is 0 Å². The maximum absolute atomic E-state index is 12.1. The van der Waals surface area contributed by atoms with E-state index in [-0.39, 0.29) is 23.3 Å². The van der Waals surface area contributed by atoms with E-state index >= 15 is 0 Å². The van der Waals surface area contributed by atoms with Crippen molar-refractivity contribution in [2.75, 3.05) is 12.9 Å². The number of ether oxygens (including phenoxy) is 2. The SMILES string of the molecule is CCCCCC(C)(C)C(O)/C=C/C1CCC(OC(=O)CCC)=C1SCCCCCC(=O)OC. The molecule has 0 aromatic carbocycles. The van der Waals surface area contributed by atoms with Gasteiger partial charge >= 0.3 is 11.9 Å². The lowest BCUT2D eigenvalue weighted by Gasteiger charge is -2.29. The average molecular weight is 483 g/mol. The molecule has 6 heteroatoms. The third-order valence-electron chi connectivity index (χ3n) is 6.25. The molecule has 1 N–H and O–H groups in total. The number of hydrogen-bond acceptors (Lipinski definition) is 6. The minimum atomic E-state index is -0.495. The van der Waals surface area contributed by atoms with Gasteiger partial charge in [0.25, 0.3) is 0 Å². The molecule has 5 nitrogen and oxygen atoms in total. The Labute approximate surface area is 205 Å². The van der Waals surface area contributed by atoms with Crippen molar-refractivity contribution in [3.8, 4) is 0 Å². The van der Waals surface area contributed by atoms with E-state index in [0.717, 1.165) is 67.8 Å². The summed E-state index contributed by atoms with van der Waals surface area (Å²) >= 11 is 1.75. The van der Waals surface area contributed by atoms with Crippen molar-refractivity contribution in [3.63, 3.8) is 0 Å². The van der Waals surface area contributed by atoms with Crippen LogP contribution in [0.4, 0.5) is 0 Å². The molecule has 0 heterocycles. The van der Waals surface area contributed by atoms with E-state index in [9.17, 15) is 14.7 Å². The third-order valence-corrected chi connectivity index (χ3v) is 7.58. The van der Waals surface area contributed by atoms with Gasteiger partial charge in [0.05, 0.1) is 13.2 Å². The molecule has 0 amide bonds. The van der Waals surface area contributed by atoms with Crippen LogP contribution in [0.3, 0.4) is 0 Å². The molecule has 0 aliphatic heterocycles. The standard InChI is InChI=1S/C27H46O5S/c1-6-8-11-19-27(3,4)23(28)18-16-21-15-17-22(32-25(30)13-7-2)26(21)33-20-12-9-10-14-24(29)31-5/h16,18,21,23,28H,6-15,17,19-20H2,1-5H3/b18-16+. The van der Waals surface area contributed by atoms with E-state index in [1.165, 1.54) is 20.0 Å². The number of unbranched alkanes of at least 4 members (excludes halogenated alkanes) is 4. The first-order valence-electron chi connectivity index (χ1n) is 12.7. The Morgan fingerprint density at radius 3 is 2.52 bits per heavy atom. The molecule has 0 saturated carbocycles. The van der Waals surface area contributed by atoms with Gasteiger partial charge in [0.2, 0.25) is 0 Å². The third kappa shape index (κ3) is 11.6. The van der Waals surface area contributed by atoms with Gasteiger partial charge < -0.3 is 14.6 Å². The molecule has 0 aromatic rings. The predicted octanol–water partition coefficient (Wildman–Crippen LogP) is 6.94. The Balaban J connectivity index is 2.74. The fraction of sp³-hybridized carbons (Fsp3) is 0.778. The van der Waals surface area contributed by atoms with Gasteiger partial charge in [-0.1, -0.05) is 65.5 Å².